The van der Waals surface area contributed by atoms with Gasteiger partial charge in [0.05, 0.1) is 17.8 Å². The zero-order valence-electron chi connectivity index (χ0n) is 18.6. The molecule has 2 N–H and O–H groups in total. The fourth-order valence-corrected chi connectivity index (χ4v) is 4.46. The number of carbonyl (C=O) groups is 1. The lowest BCUT2D eigenvalue weighted by molar-refractivity contribution is -0.120. The van der Waals surface area contributed by atoms with Crippen LogP contribution in [-0.4, -0.2) is 24.1 Å². The molecule has 0 radical (unpaired) electrons. The van der Waals surface area contributed by atoms with Gasteiger partial charge in [0.1, 0.15) is 12.4 Å². The molecule has 1 aliphatic rings. The predicted octanol–water partition coefficient (Wildman–Crippen LogP) is 4.39. The van der Waals surface area contributed by atoms with Crippen LogP contribution in [0.1, 0.15) is 41.7 Å². The molecule has 1 amide bonds. The number of ether oxygens (including phenoxy) is 1. The van der Waals surface area contributed by atoms with Crippen molar-refractivity contribution >= 4 is 11.6 Å². The lowest BCUT2D eigenvalue weighted by Gasteiger charge is -2.34. The van der Waals surface area contributed by atoms with Crippen molar-refractivity contribution in [3.05, 3.63) is 95.1 Å². The topological polar surface area (TPSA) is 61.8 Å². The molecule has 0 aliphatic heterocycles. The first kappa shape index (κ1) is 21.9. The summed E-state index contributed by atoms with van der Waals surface area (Å²) in [6.45, 7) is 2.69. The summed E-state index contributed by atoms with van der Waals surface area (Å²) in [5.74, 6) is 0.679. The maximum Gasteiger partial charge on any atom is 0.217 e. The van der Waals surface area contributed by atoms with Gasteiger partial charge in [0.15, 0.2) is 0 Å². The highest BCUT2D eigenvalue weighted by atomic mass is 16.5. The zero-order valence-corrected chi connectivity index (χ0v) is 18.6. The summed E-state index contributed by atoms with van der Waals surface area (Å²) in [6.07, 6.45) is 0.700. The van der Waals surface area contributed by atoms with E-state index in [1.807, 2.05) is 60.7 Å². The van der Waals surface area contributed by atoms with Crippen molar-refractivity contribution in [1.29, 1.82) is 0 Å². The number of nitrogens with one attached hydrogen (secondary N) is 1. The lowest BCUT2D eigenvalue weighted by Crippen LogP contribution is -2.41. The van der Waals surface area contributed by atoms with Crippen molar-refractivity contribution in [2.75, 3.05) is 11.9 Å². The van der Waals surface area contributed by atoms with Crippen molar-refractivity contribution < 1.29 is 14.6 Å². The molecule has 0 saturated heterocycles. The van der Waals surface area contributed by atoms with E-state index in [2.05, 4.69) is 29.4 Å². The zero-order chi connectivity index (χ0) is 22.5. The molecule has 5 nitrogen and oxygen atoms in total. The normalized spacial score (nSPS) is 17.3. The van der Waals surface area contributed by atoms with Gasteiger partial charge in [0.2, 0.25) is 5.91 Å². The Labute approximate surface area is 189 Å². The summed E-state index contributed by atoms with van der Waals surface area (Å²) in [6, 6.07) is 24.0. The highest BCUT2D eigenvalue weighted by Gasteiger charge is 2.32. The molecule has 0 heterocycles. The molecule has 0 fully saturated rings. The Morgan fingerprint density at radius 1 is 1.03 bits per heavy atom. The van der Waals surface area contributed by atoms with E-state index in [4.69, 9.17) is 4.74 Å². The number of aliphatic hydroxyl groups is 1. The van der Waals surface area contributed by atoms with Crippen molar-refractivity contribution in [2.24, 2.45) is 0 Å². The smallest absolute Gasteiger partial charge is 0.217 e. The van der Waals surface area contributed by atoms with Crippen molar-refractivity contribution in [2.45, 2.75) is 45.1 Å². The average molecular weight is 431 g/mol. The summed E-state index contributed by atoms with van der Waals surface area (Å²) in [5, 5.41) is 13.9. The summed E-state index contributed by atoms with van der Waals surface area (Å²) >= 11 is 0. The summed E-state index contributed by atoms with van der Waals surface area (Å²) in [5.41, 5.74) is 5.25. The SMILES string of the molecule is CC(=O)N[C@@H]1CCc2c(ccc(OCc3ccccc3)c2N(C)Cc2ccccc2)[C@H]1O. The Balaban J connectivity index is 1.67. The van der Waals surface area contributed by atoms with Gasteiger partial charge in [-0.3, -0.25) is 4.79 Å². The molecular weight excluding hydrogens is 400 g/mol. The molecule has 166 valence electrons. The van der Waals surface area contributed by atoms with Gasteiger partial charge in [0, 0.05) is 20.5 Å². The number of rotatable bonds is 7. The maximum atomic E-state index is 11.6. The minimum Gasteiger partial charge on any atom is -0.487 e. The first-order valence-corrected chi connectivity index (χ1v) is 11.1. The number of amides is 1. The van der Waals surface area contributed by atoms with Crippen molar-refractivity contribution in [1.82, 2.24) is 5.32 Å². The minimum atomic E-state index is -0.741. The third-order valence-corrected chi connectivity index (χ3v) is 5.96. The quantitative estimate of drug-likeness (QED) is 0.584. The lowest BCUT2D eigenvalue weighted by atomic mass is 9.84. The number of hydrogen-bond donors (Lipinski definition) is 2. The number of carbonyl (C=O) groups excluding carboxylic acids is 1. The van der Waals surface area contributed by atoms with E-state index < -0.39 is 6.10 Å². The number of benzene rings is 3. The molecule has 0 saturated carbocycles. The van der Waals surface area contributed by atoms with Gasteiger partial charge in [-0.05, 0) is 41.2 Å². The van der Waals surface area contributed by atoms with Crippen LogP contribution in [0.5, 0.6) is 5.75 Å². The van der Waals surface area contributed by atoms with E-state index in [1.54, 1.807) is 0 Å². The van der Waals surface area contributed by atoms with Gasteiger partial charge in [-0.1, -0.05) is 66.7 Å². The van der Waals surface area contributed by atoms with Crippen LogP contribution in [-0.2, 0) is 24.4 Å². The van der Waals surface area contributed by atoms with Crippen LogP contribution in [0.4, 0.5) is 5.69 Å². The number of aliphatic hydroxyl groups excluding tert-OH is 1. The first-order valence-electron chi connectivity index (χ1n) is 11.1. The Kier molecular flexibility index (Phi) is 6.76. The largest absolute Gasteiger partial charge is 0.487 e. The van der Waals surface area contributed by atoms with Gasteiger partial charge in [-0.25, -0.2) is 0 Å². The summed E-state index contributed by atoms with van der Waals surface area (Å²) < 4.78 is 6.28. The molecule has 0 aromatic heterocycles. The van der Waals surface area contributed by atoms with E-state index in [1.165, 1.54) is 12.5 Å². The summed E-state index contributed by atoms with van der Waals surface area (Å²) in [4.78, 5) is 13.8. The highest BCUT2D eigenvalue weighted by molar-refractivity contribution is 5.74. The van der Waals surface area contributed by atoms with Crippen molar-refractivity contribution in [3.63, 3.8) is 0 Å². The predicted molar refractivity (Wildman–Crippen MR) is 127 cm³/mol. The molecule has 3 aromatic rings. The molecule has 2 atom stereocenters. The monoisotopic (exact) mass is 430 g/mol. The van der Waals surface area contributed by atoms with Gasteiger partial charge in [0.25, 0.3) is 0 Å². The van der Waals surface area contributed by atoms with Gasteiger partial charge >= 0.3 is 0 Å². The van der Waals surface area contributed by atoms with E-state index in [0.29, 0.717) is 13.0 Å². The van der Waals surface area contributed by atoms with Crippen LogP contribution >= 0.6 is 0 Å². The molecule has 0 spiro atoms. The van der Waals surface area contributed by atoms with E-state index in [-0.39, 0.29) is 11.9 Å². The molecule has 4 rings (SSSR count). The van der Waals surface area contributed by atoms with Crippen LogP contribution in [0.3, 0.4) is 0 Å². The second kappa shape index (κ2) is 9.88. The third-order valence-electron chi connectivity index (χ3n) is 5.96. The van der Waals surface area contributed by atoms with Crippen LogP contribution in [0, 0.1) is 0 Å². The molecule has 32 heavy (non-hydrogen) atoms. The van der Waals surface area contributed by atoms with Crippen LogP contribution in [0.2, 0.25) is 0 Å². The Bertz CT molecular complexity index is 1050. The number of hydrogen-bond acceptors (Lipinski definition) is 4. The standard InChI is InChI=1S/C27H30N2O3/c1-19(30)28-24-15-13-22-23(27(24)31)14-16-25(32-18-21-11-7-4-8-12-21)26(22)29(2)17-20-9-5-3-6-10-20/h3-12,14,16,24,27,31H,13,15,17-18H2,1-2H3,(H,28,30)/t24-,27-/m1/s1. The maximum absolute atomic E-state index is 11.6. The number of fused-ring (bicyclic) bond motifs is 1. The van der Waals surface area contributed by atoms with E-state index >= 15 is 0 Å². The fourth-order valence-electron chi connectivity index (χ4n) is 4.46. The minimum absolute atomic E-state index is 0.123. The van der Waals surface area contributed by atoms with Crippen molar-refractivity contribution in [3.8, 4) is 5.75 Å². The third kappa shape index (κ3) is 4.94. The molecular formula is C27H30N2O3. The second-order valence-electron chi connectivity index (χ2n) is 8.39. The Morgan fingerprint density at radius 2 is 1.69 bits per heavy atom. The molecule has 0 unspecified atom stereocenters. The Morgan fingerprint density at radius 3 is 2.34 bits per heavy atom. The van der Waals surface area contributed by atoms with E-state index in [0.717, 1.165) is 41.1 Å². The Hall–Kier alpha value is -3.31. The fraction of sp³-hybridized carbons (Fsp3) is 0.296. The molecule has 0 bridgehead atoms. The summed E-state index contributed by atoms with van der Waals surface area (Å²) in [7, 11) is 2.06. The average Bonchev–Trinajstić information content (AvgIpc) is 2.80. The molecule has 5 heteroatoms. The van der Waals surface area contributed by atoms with Gasteiger partial charge in [-0.2, -0.15) is 0 Å². The van der Waals surface area contributed by atoms with Crippen LogP contribution in [0.15, 0.2) is 72.8 Å². The molecule has 1 aliphatic carbocycles. The number of anilines is 1. The second-order valence-corrected chi connectivity index (χ2v) is 8.39. The van der Waals surface area contributed by atoms with E-state index in [9.17, 15) is 9.90 Å². The first-order chi connectivity index (χ1) is 15.5. The van der Waals surface area contributed by atoms with Gasteiger partial charge < -0.3 is 20.1 Å². The van der Waals surface area contributed by atoms with Gasteiger partial charge in [-0.15, -0.1) is 0 Å². The van der Waals surface area contributed by atoms with Crippen LogP contribution in [0.25, 0.3) is 0 Å². The highest BCUT2D eigenvalue weighted by Crippen LogP contribution is 2.42. The van der Waals surface area contributed by atoms with Crippen LogP contribution < -0.4 is 15.0 Å². The molecule has 3 aromatic carbocycles. The number of nitrogens with zero attached hydrogens (tertiary/aromatic N) is 1.